The highest BCUT2D eigenvalue weighted by atomic mass is 35.5. The molecule has 0 amide bonds. The number of nitrogens with zero attached hydrogens (tertiary/aromatic N) is 4. The maximum atomic E-state index is 7.58. The van der Waals surface area contributed by atoms with E-state index >= 15 is 0 Å². The van der Waals surface area contributed by atoms with Gasteiger partial charge in [0.15, 0.2) is 0 Å². The first-order chi connectivity index (χ1) is 18.1. The summed E-state index contributed by atoms with van der Waals surface area (Å²) in [6.45, 7) is 13.0. The highest BCUT2D eigenvalue weighted by Crippen LogP contribution is 2.35. The summed E-state index contributed by atoms with van der Waals surface area (Å²) >= 11 is 14.7. The van der Waals surface area contributed by atoms with Crippen molar-refractivity contribution in [2.45, 2.75) is 101 Å². The van der Waals surface area contributed by atoms with E-state index in [1.165, 1.54) is 90.1 Å². The van der Waals surface area contributed by atoms with Crippen LogP contribution in [0, 0.1) is 5.92 Å². The molecule has 2 bridgehead atoms. The molecule has 2 aliphatic rings. The molecule has 1 N–H and O–H groups in total. The summed E-state index contributed by atoms with van der Waals surface area (Å²) in [5, 5.41) is 3.54. The minimum atomic E-state index is -0.475. The molecule has 2 aliphatic heterocycles. The minimum absolute atomic E-state index is 0.0807. The van der Waals surface area contributed by atoms with Gasteiger partial charge in [0.2, 0.25) is 0 Å². The van der Waals surface area contributed by atoms with E-state index in [1.807, 2.05) is 0 Å². The van der Waals surface area contributed by atoms with Gasteiger partial charge in [0.25, 0.3) is 0 Å². The van der Waals surface area contributed by atoms with E-state index in [-0.39, 0.29) is 5.38 Å². The maximum Gasteiger partial charge on any atom is 0.114 e. The van der Waals surface area contributed by atoms with Crippen molar-refractivity contribution in [1.29, 1.82) is 0 Å². The number of rotatable bonds is 15. The second-order valence-electron chi connectivity index (χ2n) is 13.4. The number of hydrogen-bond acceptors (Lipinski definition) is 4. The van der Waals surface area contributed by atoms with Crippen LogP contribution in [0.1, 0.15) is 90.4 Å². The zero-order valence-electron chi connectivity index (χ0n) is 26.0. The average molecular weight is 578 g/mol. The molecular weight excluding hydrogens is 513 g/mol. The summed E-state index contributed by atoms with van der Waals surface area (Å²) in [7, 11) is 9.22. The Morgan fingerprint density at radius 3 is 2.26 bits per heavy atom. The van der Waals surface area contributed by atoms with E-state index < -0.39 is 5.00 Å². The van der Waals surface area contributed by atoms with Crippen LogP contribution < -0.4 is 5.32 Å². The van der Waals surface area contributed by atoms with Crippen molar-refractivity contribution in [3.05, 3.63) is 0 Å². The first-order valence-corrected chi connectivity index (χ1v) is 17.0. The van der Waals surface area contributed by atoms with E-state index in [1.54, 1.807) is 0 Å². The van der Waals surface area contributed by atoms with Crippen molar-refractivity contribution in [2.24, 2.45) is 5.92 Å². The highest BCUT2D eigenvalue weighted by Gasteiger charge is 2.41. The van der Waals surface area contributed by atoms with Crippen molar-refractivity contribution in [3.63, 3.8) is 0 Å². The molecular formula is C31H64Cl2N5+. The molecule has 5 unspecified atom stereocenters. The molecule has 0 spiro atoms. The Balaban J connectivity index is 1.95. The smallest absolute Gasteiger partial charge is 0.114 e. The summed E-state index contributed by atoms with van der Waals surface area (Å²) in [6.07, 6.45) is 17.1. The van der Waals surface area contributed by atoms with Gasteiger partial charge in [-0.2, -0.15) is 0 Å². The second-order valence-corrected chi connectivity index (χ2v) is 14.6. The van der Waals surface area contributed by atoms with Crippen LogP contribution in [0.15, 0.2) is 0 Å². The molecule has 0 aromatic rings. The van der Waals surface area contributed by atoms with Crippen LogP contribution in [0.2, 0.25) is 0 Å². The van der Waals surface area contributed by atoms with E-state index in [2.05, 4.69) is 55.1 Å². The molecule has 2 saturated heterocycles. The minimum Gasteiger partial charge on any atom is -0.331 e. The van der Waals surface area contributed by atoms with E-state index in [9.17, 15) is 0 Å². The molecule has 0 aromatic carbocycles. The first-order valence-electron chi connectivity index (χ1n) is 16.1. The zero-order chi connectivity index (χ0) is 27.9. The van der Waals surface area contributed by atoms with Gasteiger partial charge < -0.3 is 19.6 Å². The molecule has 5 atom stereocenters. The molecule has 2 heterocycles. The van der Waals surface area contributed by atoms with Gasteiger partial charge in [0.05, 0.1) is 33.1 Å². The van der Waals surface area contributed by atoms with Gasteiger partial charge in [-0.3, -0.25) is 4.90 Å². The Morgan fingerprint density at radius 2 is 1.53 bits per heavy atom. The van der Waals surface area contributed by atoms with Crippen LogP contribution in [-0.2, 0) is 0 Å². The third kappa shape index (κ3) is 13.8. The molecule has 38 heavy (non-hydrogen) atoms. The topological polar surface area (TPSA) is 21.8 Å². The van der Waals surface area contributed by atoms with Crippen molar-refractivity contribution < 1.29 is 4.48 Å². The molecule has 5 nitrogen and oxygen atoms in total. The average Bonchev–Trinajstić information content (AvgIpc) is 2.86. The summed E-state index contributed by atoms with van der Waals surface area (Å²) in [4.78, 5) is 7.16. The van der Waals surface area contributed by atoms with Crippen LogP contribution in [0.3, 0.4) is 0 Å². The second kappa shape index (κ2) is 18.7. The third-order valence-electron chi connectivity index (χ3n) is 8.93. The number of hydrogen-bond donors (Lipinski definition) is 1. The quantitative estimate of drug-likeness (QED) is 0.110. The van der Waals surface area contributed by atoms with Crippen LogP contribution in [0.5, 0.6) is 0 Å². The van der Waals surface area contributed by atoms with Crippen molar-refractivity contribution in [2.75, 3.05) is 93.6 Å². The zero-order valence-corrected chi connectivity index (χ0v) is 27.5. The Morgan fingerprint density at radius 1 is 0.842 bits per heavy atom. The molecule has 7 heteroatoms. The fourth-order valence-electron chi connectivity index (χ4n) is 6.31. The van der Waals surface area contributed by atoms with E-state index in [4.69, 9.17) is 23.2 Å². The summed E-state index contributed by atoms with van der Waals surface area (Å²) in [5.74, 6) is 0.864. The van der Waals surface area contributed by atoms with Gasteiger partial charge in [0.1, 0.15) is 5.00 Å². The molecule has 2 fully saturated rings. The monoisotopic (exact) mass is 576 g/mol. The number of nitrogens with one attached hydrogen (secondary N) is 1. The predicted octanol–water partition coefficient (Wildman–Crippen LogP) is 6.10. The lowest BCUT2D eigenvalue weighted by Gasteiger charge is -2.45. The van der Waals surface area contributed by atoms with Crippen LogP contribution in [0.25, 0.3) is 0 Å². The summed E-state index contributed by atoms with van der Waals surface area (Å²) < 4.78 is 1.07. The SMILES string of the molecule is CCCCCCCC(CCCCC1(Cl)C(Cl)CNCCN2CCCN(C)CCN1CC2)CCC[N+](C)(C)C. The number of halogens is 2. The number of unbranched alkanes of at least 4 members (excludes halogenated alkanes) is 5. The molecule has 0 aromatic heterocycles. The fourth-order valence-corrected chi connectivity index (χ4v) is 7.05. The molecule has 0 saturated carbocycles. The molecule has 0 radical (unpaired) electrons. The third-order valence-corrected chi connectivity index (χ3v) is 10.3. The van der Waals surface area contributed by atoms with Crippen LogP contribution in [0.4, 0.5) is 0 Å². The van der Waals surface area contributed by atoms with Gasteiger partial charge in [-0.1, -0.05) is 64.7 Å². The van der Waals surface area contributed by atoms with Crippen molar-refractivity contribution in [1.82, 2.24) is 20.0 Å². The lowest BCUT2D eigenvalue weighted by molar-refractivity contribution is -0.870. The van der Waals surface area contributed by atoms with Crippen LogP contribution in [-0.4, -0.2) is 123 Å². The highest BCUT2D eigenvalue weighted by molar-refractivity contribution is 6.32. The van der Waals surface area contributed by atoms with Crippen molar-refractivity contribution >= 4 is 23.2 Å². The van der Waals surface area contributed by atoms with Gasteiger partial charge in [-0.05, 0) is 51.7 Å². The van der Waals surface area contributed by atoms with Gasteiger partial charge in [-0.15, -0.1) is 23.2 Å². The molecule has 0 aliphatic carbocycles. The molecule has 2 rings (SSSR count). The number of likely N-dealkylation sites (N-methyl/N-ethyl adjacent to an activating group) is 1. The maximum absolute atomic E-state index is 7.58. The Kier molecular flexibility index (Phi) is 17.1. The van der Waals surface area contributed by atoms with Gasteiger partial charge in [-0.25, -0.2) is 0 Å². The normalized spacial score (nSPS) is 29.3. The van der Waals surface area contributed by atoms with Crippen molar-refractivity contribution in [3.8, 4) is 0 Å². The number of fused-ring (bicyclic) bond motifs is 3. The van der Waals surface area contributed by atoms with E-state index in [0.29, 0.717) is 0 Å². The fraction of sp³-hybridized carbons (Fsp3) is 1.00. The first kappa shape index (κ1) is 34.6. The Labute approximate surface area is 247 Å². The summed E-state index contributed by atoms with van der Waals surface area (Å²) in [6, 6.07) is 0. The predicted molar refractivity (Wildman–Crippen MR) is 169 cm³/mol. The number of alkyl halides is 2. The van der Waals surface area contributed by atoms with Gasteiger partial charge >= 0.3 is 0 Å². The van der Waals surface area contributed by atoms with E-state index in [0.717, 1.165) is 69.2 Å². The molecule has 226 valence electrons. The number of quaternary nitrogens is 1. The summed E-state index contributed by atoms with van der Waals surface area (Å²) in [5.41, 5.74) is 0. The largest absolute Gasteiger partial charge is 0.331 e. The van der Waals surface area contributed by atoms with Crippen LogP contribution >= 0.6 is 23.2 Å². The standard InChI is InChI=1S/C31H64Cl2N5/c1-6-7-8-9-10-15-29(17-13-27-38(3,4)5)16-11-12-18-31(33)30(32)28-34-19-22-36-21-14-20-35(2)23-25-37(31)26-24-36/h29-30,34H,6-28H2,1-5H3/q+1. The lowest BCUT2D eigenvalue weighted by Crippen LogP contribution is -2.58. The lowest BCUT2D eigenvalue weighted by atomic mass is 9.89. The Hall–Kier alpha value is 0.380. The Bertz CT molecular complexity index is 601. The van der Waals surface area contributed by atoms with Gasteiger partial charge in [0, 0.05) is 45.8 Å².